The first-order valence-corrected chi connectivity index (χ1v) is 4.21. The largest absolute Gasteiger partial charge is 0.429 e. The van der Waals surface area contributed by atoms with Gasteiger partial charge in [-0.05, 0) is 13.3 Å². The lowest BCUT2D eigenvalue weighted by Crippen LogP contribution is -2.48. The van der Waals surface area contributed by atoms with Crippen molar-refractivity contribution in [2.24, 2.45) is 5.92 Å². The highest BCUT2D eigenvalue weighted by Crippen LogP contribution is 2.53. The Morgan fingerprint density at radius 3 is 2.91 bits per heavy atom. The summed E-state index contributed by atoms with van der Waals surface area (Å²) in [5.41, 5.74) is 0. The van der Waals surface area contributed by atoms with Gasteiger partial charge in [0.05, 0.1) is 0 Å². The molecule has 11 heavy (non-hydrogen) atoms. The molecule has 3 unspecified atom stereocenters. The van der Waals surface area contributed by atoms with Crippen LogP contribution in [0.1, 0.15) is 13.3 Å². The van der Waals surface area contributed by atoms with Gasteiger partial charge >= 0.3 is 5.97 Å². The standard InChI is InChI=1S/C7H9ClO3/c1-4-6(9)11-7(4)5(10-7)2-3-8/h4-5H,2-3H2,1H3. The Bertz CT molecular complexity index is 206. The summed E-state index contributed by atoms with van der Waals surface area (Å²) in [4.78, 5) is 10.7. The number of hydrogen-bond acceptors (Lipinski definition) is 3. The molecule has 0 radical (unpaired) electrons. The molecular formula is C7H9ClO3. The monoisotopic (exact) mass is 176 g/mol. The molecule has 0 amide bonds. The Morgan fingerprint density at radius 1 is 1.73 bits per heavy atom. The Balaban J connectivity index is 1.93. The fourth-order valence-corrected chi connectivity index (χ4v) is 1.66. The molecule has 0 saturated carbocycles. The zero-order valence-corrected chi connectivity index (χ0v) is 6.93. The van der Waals surface area contributed by atoms with Gasteiger partial charge in [-0.1, -0.05) is 0 Å². The zero-order valence-electron chi connectivity index (χ0n) is 6.17. The fourth-order valence-electron chi connectivity index (χ4n) is 1.46. The number of carbonyl (C=O) groups is 1. The molecule has 3 nitrogen and oxygen atoms in total. The van der Waals surface area contributed by atoms with E-state index in [1.165, 1.54) is 0 Å². The molecule has 0 aromatic heterocycles. The lowest BCUT2D eigenvalue weighted by Gasteiger charge is -2.29. The van der Waals surface area contributed by atoms with E-state index in [0.29, 0.717) is 5.88 Å². The van der Waals surface area contributed by atoms with E-state index < -0.39 is 5.79 Å². The Kier molecular flexibility index (Phi) is 1.41. The molecule has 0 N–H and O–H groups in total. The average Bonchev–Trinajstić information content (AvgIpc) is 2.67. The van der Waals surface area contributed by atoms with E-state index in [0.717, 1.165) is 6.42 Å². The predicted octanol–water partition coefficient (Wildman–Crippen LogP) is 0.903. The Hall–Kier alpha value is -0.280. The molecular weight excluding hydrogens is 168 g/mol. The van der Waals surface area contributed by atoms with Crippen LogP contribution >= 0.6 is 11.6 Å². The first-order valence-electron chi connectivity index (χ1n) is 3.67. The topological polar surface area (TPSA) is 38.8 Å². The minimum absolute atomic E-state index is 0.0488. The highest BCUT2D eigenvalue weighted by Gasteiger charge is 2.72. The zero-order chi connectivity index (χ0) is 8.06. The first-order chi connectivity index (χ1) is 5.20. The molecule has 0 aliphatic carbocycles. The van der Waals surface area contributed by atoms with Gasteiger partial charge in [0.15, 0.2) is 0 Å². The van der Waals surface area contributed by atoms with E-state index in [1.54, 1.807) is 0 Å². The van der Waals surface area contributed by atoms with Crippen LogP contribution in [0.5, 0.6) is 0 Å². The maximum absolute atomic E-state index is 10.7. The summed E-state index contributed by atoms with van der Waals surface area (Å²) in [6.45, 7) is 1.82. The first kappa shape index (κ1) is 7.37. The van der Waals surface area contributed by atoms with E-state index >= 15 is 0 Å². The van der Waals surface area contributed by atoms with Crippen molar-refractivity contribution in [3.8, 4) is 0 Å². The summed E-state index contributed by atoms with van der Waals surface area (Å²) in [6.07, 6.45) is 0.812. The van der Waals surface area contributed by atoms with E-state index in [2.05, 4.69) is 0 Å². The normalized spacial score (nSPS) is 46.9. The van der Waals surface area contributed by atoms with Gasteiger partial charge in [0.2, 0.25) is 0 Å². The summed E-state index contributed by atoms with van der Waals surface area (Å²) in [6, 6.07) is 0. The number of carbonyl (C=O) groups excluding carboxylic acids is 1. The smallest absolute Gasteiger partial charge is 0.318 e. The molecule has 0 bridgehead atoms. The molecule has 2 aliphatic rings. The number of halogens is 1. The van der Waals surface area contributed by atoms with Crippen LogP contribution in [-0.2, 0) is 14.3 Å². The lowest BCUT2D eigenvalue weighted by molar-refractivity contribution is -0.207. The van der Waals surface area contributed by atoms with Gasteiger partial charge in [-0.2, -0.15) is 0 Å². The van der Waals surface area contributed by atoms with Crippen LogP contribution in [0.25, 0.3) is 0 Å². The minimum Gasteiger partial charge on any atom is -0.429 e. The maximum atomic E-state index is 10.7. The van der Waals surface area contributed by atoms with Crippen molar-refractivity contribution in [1.82, 2.24) is 0 Å². The number of epoxide rings is 1. The van der Waals surface area contributed by atoms with Crippen molar-refractivity contribution in [2.75, 3.05) is 5.88 Å². The van der Waals surface area contributed by atoms with Crippen molar-refractivity contribution in [3.63, 3.8) is 0 Å². The van der Waals surface area contributed by atoms with E-state index in [1.807, 2.05) is 6.92 Å². The SMILES string of the molecule is CC1C(=O)OC12OC2CCCl. The molecule has 0 aromatic rings. The average molecular weight is 177 g/mol. The van der Waals surface area contributed by atoms with Gasteiger partial charge in [0.25, 0.3) is 5.79 Å². The van der Waals surface area contributed by atoms with Gasteiger partial charge < -0.3 is 9.47 Å². The molecule has 2 saturated heterocycles. The molecule has 62 valence electrons. The van der Waals surface area contributed by atoms with Crippen molar-refractivity contribution in [1.29, 1.82) is 0 Å². The highest BCUT2D eigenvalue weighted by atomic mass is 35.5. The van der Waals surface area contributed by atoms with Gasteiger partial charge in [-0.3, -0.25) is 4.79 Å². The summed E-state index contributed by atoms with van der Waals surface area (Å²) in [5.74, 6) is -0.277. The van der Waals surface area contributed by atoms with E-state index in [-0.39, 0.29) is 18.0 Å². The second-order valence-electron chi connectivity index (χ2n) is 2.95. The van der Waals surface area contributed by atoms with Gasteiger partial charge in [-0.15, -0.1) is 11.6 Å². The van der Waals surface area contributed by atoms with Crippen molar-refractivity contribution < 1.29 is 14.3 Å². The van der Waals surface area contributed by atoms with Crippen LogP contribution in [0.15, 0.2) is 0 Å². The van der Waals surface area contributed by atoms with Gasteiger partial charge in [0.1, 0.15) is 12.0 Å². The minimum atomic E-state index is -0.564. The van der Waals surface area contributed by atoms with Gasteiger partial charge in [-0.25, -0.2) is 0 Å². The highest BCUT2D eigenvalue weighted by molar-refractivity contribution is 6.17. The maximum Gasteiger partial charge on any atom is 0.318 e. The molecule has 2 rings (SSSR count). The number of rotatable bonds is 2. The van der Waals surface area contributed by atoms with Crippen LogP contribution in [-0.4, -0.2) is 23.7 Å². The third-order valence-corrected chi connectivity index (χ3v) is 2.52. The molecule has 2 heterocycles. The summed E-state index contributed by atoms with van der Waals surface area (Å²) in [7, 11) is 0. The quantitative estimate of drug-likeness (QED) is 0.357. The van der Waals surface area contributed by atoms with Crippen LogP contribution < -0.4 is 0 Å². The molecule has 2 aliphatic heterocycles. The van der Waals surface area contributed by atoms with Gasteiger partial charge in [0, 0.05) is 5.88 Å². The molecule has 0 aromatic carbocycles. The second kappa shape index (κ2) is 2.11. The third-order valence-electron chi connectivity index (χ3n) is 2.31. The predicted molar refractivity (Wildman–Crippen MR) is 38.2 cm³/mol. The molecule has 2 fully saturated rings. The molecule has 1 spiro atoms. The van der Waals surface area contributed by atoms with E-state index in [4.69, 9.17) is 21.1 Å². The van der Waals surface area contributed by atoms with E-state index in [9.17, 15) is 4.79 Å². The number of hydrogen-bond donors (Lipinski definition) is 0. The van der Waals surface area contributed by atoms with Crippen molar-refractivity contribution >= 4 is 17.6 Å². The van der Waals surface area contributed by atoms with Crippen LogP contribution in [0, 0.1) is 5.92 Å². The third kappa shape index (κ3) is 0.811. The Labute approximate surface area is 69.6 Å². The summed E-state index contributed by atoms with van der Waals surface area (Å²) >= 11 is 5.51. The Morgan fingerprint density at radius 2 is 2.45 bits per heavy atom. The van der Waals surface area contributed by atoms with Crippen molar-refractivity contribution in [2.45, 2.75) is 25.2 Å². The van der Waals surface area contributed by atoms with Crippen LogP contribution in [0.4, 0.5) is 0 Å². The van der Waals surface area contributed by atoms with Crippen LogP contribution in [0.2, 0.25) is 0 Å². The lowest BCUT2D eigenvalue weighted by atomic mass is 9.95. The number of ether oxygens (including phenoxy) is 2. The van der Waals surface area contributed by atoms with Crippen molar-refractivity contribution in [3.05, 3.63) is 0 Å². The summed E-state index contributed by atoms with van der Waals surface area (Å²) < 4.78 is 10.1. The fraction of sp³-hybridized carbons (Fsp3) is 0.857. The molecule has 3 atom stereocenters. The molecule has 4 heteroatoms. The van der Waals surface area contributed by atoms with Crippen LogP contribution in [0.3, 0.4) is 0 Å². The second-order valence-corrected chi connectivity index (χ2v) is 3.33. The number of esters is 1. The summed E-state index contributed by atoms with van der Waals surface area (Å²) in [5, 5.41) is 0. The number of alkyl halides is 1.